The molecule has 0 atom stereocenters. The van der Waals surface area contributed by atoms with Crippen molar-refractivity contribution in [2.45, 2.75) is 26.1 Å². The third-order valence-corrected chi connectivity index (χ3v) is 3.03. The highest BCUT2D eigenvalue weighted by Gasteiger charge is 2.28. The van der Waals surface area contributed by atoms with E-state index in [1.807, 2.05) is 6.07 Å². The molecule has 1 saturated heterocycles. The average molecular weight is 275 g/mol. The zero-order valence-corrected chi connectivity index (χ0v) is 11.4. The quantitative estimate of drug-likeness (QED) is 0.622. The molecule has 0 amide bonds. The fourth-order valence-electron chi connectivity index (χ4n) is 1.88. The van der Waals surface area contributed by atoms with Gasteiger partial charge in [-0.25, -0.2) is 0 Å². The van der Waals surface area contributed by atoms with Gasteiger partial charge in [0.05, 0.1) is 24.8 Å². The molecule has 0 spiro atoms. The minimum atomic E-state index is -0.404. The summed E-state index contributed by atoms with van der Waals surface area (Å²) in [6.45, 7) is 2.69. The predicted octanol–water partition coefficient (Wildman–Crippen LogP) is 2.25. The highest BCUT2D eigenvalue weighted by Crippen LogP contribution is 2.18. The molecule has 1 aromatic carbocycles. The number of nitrogens with zero attached hydrogens (tertiary/aromatic N) is 1. The summed E-state index contributed by atoms with van der Waals surface area (Å²) in [5, 5.41) is 8.69. The summed E-state index contributed by atoms with van der Waals surface area (Å²) in [6, 6.07) is 8.41. The topological polar surface area (TPSA) is 68.5 Å². The summed E-state index contributed by atoms with van der Waals surface area (Å²) in [4.78, 5) is 11.9. The molecule has 2 rings (SSSR count). The molecular formula is C15H17NO4. The van der Waals surface area contributed by atoms with E-state index in [2.05, 4.69) is 6.92 Å². The van der Waals surface area contributed by atoms with Crippen molar-refractivity contribution >= 4 is 5.97 Å². The maximum absolute atomic E-state index is 11.9. The van der Waals surface area contributed by atoms with Crippen LogP contribution in [0.15, 0.2) is 24.3 Å². The lowest BCUT2D eigenvalue weighted by Crippen LogP contribution is -2.38. The van der Waals surface area contributed by atoms with Crippen molar-refractivity contribution in [1.29, 1.82) is 5.26 Å². The molecule has 5 nitrogen and oxygen atoms in total. The smallest absolute Gasteiger partial charge is 0.319 e. The summed E-state index contributed by atoms with van der Waals surface area (Å²) >= 11 is 0. The first-order valence-corrected chi connectivity index (χ1v) is 6.68. The first-order valence-electron chi connectivity index (χ1n) is 6.68. The van der Waals surface area contributed by atoms with Crippen molar-refractivity contribution in [1.82, 2.24) is 0 Å². The van der Waals surface area contributed by atoms with Gasteiger partial charge in [-0.3, -0.25) is 4.79 Å². The first-order chi connectivity index (χ1) is 9.72. The van der Waals surface area contributed by atoms with E-state index in [4.69, 9.17) is 19.5 Å². The number of ether oxygens (including phenoxy) is 3. The Labute approximate surface area is 118 Å². The summed E-state index contributed by atoms with van der Waals surface area (Å²) in [5.74, 6) is -0.354. The Morgan fingerprint density at radius 1 is 1.35 bits per heavy atom. The van der Waals surface area contributed by atoms with Crippen molar-refractivity contribution in [2.24, 2.45) is 5.92 Å². The van der Waals surface area contributed by atoms with E-state index < -0.39 is 5.92 Å². The Morgan fingerprint density at radius 3 is 2.55 bits per heavy atom. The van der Waals surface area contributed by atoms with Gasteiger partial charge >= 0.3 is 5.97 Å². The van der Waals surface area contributed by atoms with Gasteiger partial charge in [-0.15, -0.1) is 0 Å². The number of nitriles is 1. The molecule has 20 heavy (non-hydrogen) atoms. The fourth-order valence-corrected chi connectivity index (χ4v) is 1.88. The molecule has 0 N–H and O–H groups in total. The Hall–Kier alpha value is -1.90. The zero-order valence-electron chi connectivity index (χ0n) is 11.4. The Kier molecular flexibility index (Phi) is 5.10. The minimum absolute atomic E-state index is 0.209. The second-order valence-electron chi connectivity index (χ2n) is 4.64. The molecule has 1 aliphatic heterocycles. The Balaban J connectivity index is 1.84. The molecule has 0 aromatic heterocycles. The van der Waals surface area contributed by atoms with E-state index in [1.54, 1.807) is 24.3 Å². The van der Waals surface area contributed by atoms with Crippen molar-refractivity contribution in [2.75, 3.05) is 13.2 Å². The third-order valence-electron chi connectivity index (χ3n) is 3.03. The summed E-state index contributed by atoms with van der Waals surface area (Å²) < 4.78 is 16.2. The summed E-state index contributed by atoms with van der Waals surface area (Å²) in [7, 11) is 0. The van der Waals surface area contributed by atoms with Gasteiger partial charge in [0.1, 0.15) is 11.7 Å². The van der Waals surface area contributed by atoms with Crippen LogP contribution in [0.5, 0.6) is 5.75 Å². The van der Waals surface area contributed by atoms with Crippen molar-refractivity contribution in [3.63, 3.8) is 0 Å². The Bertz CT molecular complexity index is 484. The standard InChI is InChI=1S/C15H17NO4/c1-2-3-14-18-9-12(10-19-14)15(17)20-13-6-4-11(8-16)5-7-13/h4-7,12,14H,2-3,9-10H2,1H3. The lowest BCUT2D eigenvalue weighted by Gasteiger charge is -2.27. The van der Waals surface area contributed by atoms with Crippen LogP contribution >= 0.6 is 0 Å². The van der Waals surface area contributed by atoms with Crippen molar-refractivity contribution in [3.05, 3.63) is 29.8 Å². The van der Waals surface area contributed by atoms with Crippen LogP contribution in [0.4, 0.5) is 0 Å². The number of carbonyl (C=O) groups is 1. The van der Waals surface area contributed by atoms with Gasteiger partial charge < -0.3 is 14.2 Å². The molecule has 0 aliphatic carbocycles. The highest BCUT2D eigenvalue weighted by molar-refractivity contribution is 5.75. The molecule has 106 valence electrons. The van der Waals surface area contributed by atoms with Gasteiger partial charge in [-0.1, -0.05) is 13.3 Å². The monoisotopic (exact) mass is 275 g/mol. The average Bonchev–Trinajstić information content (AvgIpc) is 2.49. The van der Waals surface area contributed by atoms with Crippen molar-refractivity contribution < 1.29 is 19.0 Å². The number of hydrogen-bond acceptors (Lipinski definition) is 5. The van der Waals surface area contributed by atoms with Crippen LogP contribution in [0.3, 0.4) is 0 Å². The lowest BCUT2D eigenvalue weighted by atomic mass is 10.1. The van der Waals surface area contributed by atoms with Gasteiger partial charge in [-0.2, -0.15) is 5.26 Å². The minimum Gasteiger partial charge on any atom is -0.426 e. The van der Waals surface area contributed by atoms with Crippen LogP contribution in [0.25, 0.3) is 0 Å². The lowest BCUT2D eigenvalue weighted by molar-refractivity contribution is -0.208. The van der Waals surface area contributed by atoms with Gasteiger partial charge in [0.2, 0.25) is 0 Å². The highest BCUT2D eigenvalue weighted by atomic mass is 16.7. The van der Waals surface area contributed by atoms with E-state index >= 15 is 0 Å². The molecule has 0 saturated carbocycles. The molecule has 0 unspecified atom stereocenters. The van der Waals surface area contributed by atoms with E-state index in [9.17, 15) is 4.79 Å². The third kappa shape index (κ3) is 3.80. The molecule has 0 bridgehead atoms. The van der Waals surface area contributed by atoms with Crippen molar-refractivity contribution in [3.8, 4) is 11.8 Å². The number of hydrogen-bond donors (Lipinski definition) is 0. The molecule has 1 fully saturated rings. The number of esters is 1. The van der Waals surface area contributed by atoms with E-state index in [-0.39, 0.29) is 12.3 Å². The molecular weight excluding hydrogens is 258 g/mol. The van der Waals surface area contributed by atoms with E-state index in [0.717, 1.165) is 12.8 Å². The predicted molar refractivity (Wildman–Crippen MR) is 70.9 cm³/mol. The van der Waals surface area contributed by atoms with Crippen LogP contribution in [-0.4, -0.2) is 25.5 Å². The van der Waals surface area contributed by atoms with Gasteiger partial charge in [0, 0.05) is 0 Å². The number of rotatable bonds is 4. The number of benzene rings is 1. The zero-order chi connectivity index (χ0) is 14.4. The van der Waals surface area contributed by atoms with Gasteiger partial charge in [-0.05, 0) is 30.7 Å². The maximum Gasteiger partial charge on any atom is 0.319 e. The summed E-state index contributed by atoms with van der Waals surface area (Å²) in [5.41, 5.74) is 0.525. The second-order valence-corrected chi connectivity index (χ2v) is 4.64. The molecule has 1 aliphatic rings. The van der Waals surface area contributed by atoms with Crippen LogP contribution in [-0.2, 0) is 14.3 Å². The second kappa shape index (κ2) is 7.04. The first kappa shape index (κ1) is 14.5. The SMILES string of the molecule is CCCC1OCC(C(=O)Oc2ccc(C#N)cc2)CO1. The summed E-state index contributed by atoms with van der Waals surface area (Å²) in [6.07, 6.45) is 1.60. The normalized spacial score (nSPS) is 22.0. The molecule has 1 heterocycles. The van der Waals surface area contributed by atoms with E-state index in [0.29, 0.717) is 24.5 Å². The fraction of sp³-hybridized carbons (Fsp3) is 0.467. The number of carbonyl (C=O) groups excluding carboxylic acids is 1. The van der Waals surface area contributed by atoms with Crippen LogP contribution in [0, 0.1) is 17.2 Å². The van der Waals surface area contributed by atoms with Crippen LogP contribution in [0.2, 0.25) is 0 Å². The van der Waals surface area contributed by atoms with Crippen LogP contribution in [0.1, 0.15) is 25.3 Å². The Morgan fingerprint density at radius 2 is 2.00 bits per heavy atom. The van der Waals surface area contributed by atoms with E-state index in [1.165, 1.54) is 0 Å². The van der Waals surface area contributed by atoms with Crippen LogP contribution < -0.4 is 4.74 Å². The molecule has 5 heteroatoms. The maximum atomic E-state index is 11.9. The molecule has 0 radical (unpaired) electrons. The molecule has 1 aromatic rings. The largest absolute Gasteiger partial charge is 0.426 e. The van der Waals surface area contributed by atoms with Gasteiger partial charge in [0.25, 0.3) is 0 Å². The van der Waals surface area contributed by atoms with Gasteiger partial charge in [0.15, 0.2) is 6.29 Å².